The second-order valence-electron chi connectivity index (χ2n) is 3.85. The van der Waals surface area contributed by atoms with Crippen molar-refractivity contribution in [2.75, 3.05) is 33.9 Å². The number of rotatable bonds is 7. The average Bonchev–Trinajstić information content (AvgIpc) is 2.60. The van der Waals surface area contributed by atoms with Gasteiger partial charge in [0, 0.05) is 26.8 Å². The van der Waals surface area contributed by atoms with Crippen LogP contribution in [0.4, 0.5) is 0 Å². The Morgan fingerprint density at radius 1 is 1.53 bits per heavy atom. The zero-order valence-electron chi connectivity index (χ0n) is 10.1. The molecule has 1 heterocycles. The predicted molar refractivity (Wildman–Crippen MR) is 75.0 cm³/mol. The zero-order valence-corrected chi connectivity index (χ0v) is 13.3. The molecule has 0 amide bonds. The summed E-state index contributed by atoms with van der Waals surface area (Å²) in [7, 11) is 3.75. The zero-order chi connectivity index (χ0) is 12.8. The number of halogens is 2. The largest absolute Gasteiger partial charge is 0.451 e. The summed E-state index contributed by atoms with van der Waals surface area (Å²) in [6.07, 6.45) is 0.979. The molecule has 0 fully saturated rings. The molecule has 0 aliphatic rings. The Balaban J connectivity index is 2.63. The highest BCUT2D eigenvalue weighted by atomic mass is 79.9. The Morgan fingerprint density at radius 3 is 2.71 bits per heavy atom. The minimum atomic E-state index is 0.0921. The van der Waals surface area contributed by atoms with Crippen LogP contribution in [0.2, 0.25) is 0 Å². The van der Waals surface area contributed by atoms with E-state index in [0.717, 1.165) is 29.8 Å². The third kappa shape index (κ3) is 4.37. The fraction of sp³-hybridized carbons (Fsp3) is 0.636. The van der Waals surface area contributed by atoms with E-state index in [1.54, 1.807) is 7.11 Å². The number of hydrogen-bond donors (Lipinski definition) is 1. The summed E-state index contributed by atoms with van der Waals surface area (Å²) in [5.41, 5.74) is 5.81. The van der Waals surface area contributed by atoms with Gasteiger partial charge in [-0.2, -0.15) is 0 Å². The lowest BCUT2D eigenvalue weighted by Crippen LogP contribution is -2.31. The first-order valence-corrected chi connectivity index (χ1v) is 7.02. The Labute approximate surface area is 119 Å². The van der Waals surface area contributed by atoms with E-state index in [1.165, 1.54) is 0 Å². The molecule has 1 unspecified atom stereocenters. The molecule has 0 aliphatic heterocycles. The van der Waals surface area contributed by atoms with Crippen LogP contribution in [-0.2, 0) is 4.74 Å². The van der Waals surface area contributed by atoms with Gasteiger partial charge in [-0.15, -0.1) is 0 Å². The summed E-state index contributed by atoms with van der Waals surface area (Å²) >= 11 is 6.74. The summed E-state index contributed by atoms with van der Waals surface area (Å²) in [6, 6.07) is 2.04. The van der Waals surface area contributed by atoms with Crippen molar-refractivity contribution in [2.24, 2.45) is 5.73 Å². The first kappa shape index (κ1) is 15.2. The van der Waals surface area contributed by atoms with Crippen LogP contribution in [0.5, 0.6) is 0 Å². The molecule has 2 N–H and O–H groups in total. The van der Waals surface area contributed by atoms with Crippen LogP contribution < -0.4 is 5.73 Å². The molecule has 17 heavy (non-hydrogen) atoms. The van der Waals surface area contributed by atoms with E-state index in [4.69, 9.17) is 14.9 Å². The fourth-order valence-electron chi connectivity index (χ4n) is 1.65. The van der Waals surface area contributed by atoms with Crippen LogP contribution in [0.3, 0.4) is 0 Å². The van der Waals surface area contributed by atoms with Gasteiger partial charge in [-0.3, -0.25) is 4.90 Å². The van der Waals surface area contributed by atoms with Crippen LogP contribution >= 0.6 is 31.9 Å². The van der Waals surface area contributed by atoms with Crippen LogP contribution in [0.15, 0.2) is 19.6 Å². The van der Waals surface area contributed by atoms with Crippen molar-refractivity contribution in [1.82, 2.24) is 4.90 Å². The normalized spacial score (nSPS) is 13.3. The van der Waals surface area contributed by atoms with Gasteiger partial charge in [0.2, 0.25) is 0 Å². The molecule has 0 bridgehead atoms. The molecule has 1 rings (SSSR count). The average molecular weight is 370 g/mol. The molecular weight excluding hydrogens is 352 g/mol. The van der Waals surface area contributed by atoms with E-state index in [0.29, 0.717) is 11.2 Å². The van der Waals surface area contributed by atoms with Crippen molar-refractivity contribution < 1.29 is 9.15 Å². The molecule has 1 atom stereocenters. The third-order valence-electron chi connectivity index (χ3n) is 2.61. The first-order valence-electron chi connectivity index (χ1n) is 5.44. The molecule has 1 aromatic heterocycles. The molecule has 98 valence electrons. The van der Waals surface area contributed by atoms with Gasteiger partial charge in [-0.05, 0) is 51.4 Å². The lowest BCUT2D eigenvalue weighted by molar-refractivity contribution is 0.159. The van der Waals surface area contributed by atoms with Crippen LogP contribution in [0.1, 0.15) is 18.2 Å². The van der Waals surface area contributed by atoms with E-state index >= 15 is 0 Å². The maximum Gasteiger partial charge on any atom is 0.183 e. The molecule has 0 aliphatic carbocycles. The molecule has 0 spiro atoms. The number of nitrogens with two attached hydrogens (primary N) is 1. The molecule has 4 nitrogen and oxygen atoms in total. The van der Waals surface area contributed by atoms with Crippen LogP contribution in [0.25, 0.3) is 0 Å². The first-order chi connectivity index (χ1) is 8.10. The maximum atomic E-state index is 5.81. The summed E-state index contributed by atoms with van der Waals surface area (Å²) in [5, 5.41) is 0. The number of furan rings is 1. The van der Waals surface area contributed by atoms with Gasteiger partial charge < -0.3 is 14.9 Å². The smallest absolute Gasteiger partial charge is 0.183 e. The Kier molecular flexibility index (Phi) is 6.72. The Bertz CT molecular complexity index is 325. The highest BCUT2D eigenvalue weighted by molar-refractivity contribution is 9.13. The maximum absolute atomic E-state index is 5.81. The number of nitrogens with zero attached hydrogens (tertiary/aromatic N) is 1. The monoisotopic (exact) mass is 368 g/mol. The predicted octanol–water partition coefficient (Wildman–Crippen LogP) is 2.77. The summed E-state index contributed by atoms with van der Waals surface area (Å²) in [5.74, 6) is 0.867. The fourth-order valence-corrected chi connectivity index (χ4v) is 2.26. The van der Waals surface area contributed by atoms with Gasteiger partial charge in [0.1, 0.15) is 5.76 Å². The molecule has 0 aromatic carbocycles. The van der Waals surface area contributed by atoms with Gasteiger partial charge in [0.05, 0.1) is 10.5 Å². The Hall–Kier alpha value is 0.120. The SMILES string of the molecule is COCCCN(C)C(CN)c1cc(Br)c(Br)o1. The third-order valence-corrected chi connectivity index (χ3v) is 4.32. The van der Waals surface area contributed by atoms with Crippen molar-refractivity contribution >= 4 is 31.9 Å². The molecule has 6 heteroatoms. The molecule has 0 saturated heterocycles. The van der Waals surface area contributed by atoms with Gasteiger partial charge in [0.15, 0.2) is 4.67 Å². The second kappa shape index (κ2) is 7.53. The summed E-state index contributed by atoms with van der Waals surface area (Å²) < 4.78 is 12.3. The van der Waals surface area contributed by atoms with E-state index in [-0.39, 0.29) is 6.04 Å². The lowest BCUT2D eigenvalue weighted by atomic mass is 10.2. The van der Waals surface area contributed by atoms with Gasteiger partial charge in [-0.1, -0.05) is 0 Å². The van der Waals surface area contributed by atoms with Crippen LogP contribution in [-0.4, -0.2) is 38.8 Å². The van der Waals surface area contributed by atoms with E-state index in [9.17, 15) is 0 Å². The van der Waals surface area contributed by atoms with E-state index < -0.39 is 0 Å². The number of methoxy groups -OCH3 is 1. The van der Waals surface area contributed by atoms with Gasteiger partial charge >= 0.3 is 0 Å². The number of hydrogen-bond acceptors (Lipinski definition) is 4. The van der Waals surface area contributed by atoms with E-state index in [1.807, 2.05) is 13.1 Å². The Morgan fingerprint density at radius 2 is 2.24 bits per heavy atom. The summed E-state index contributed by atoms with van der Waals surface area (Å²) in [6.45, 7) is 2.20. The standard InChI is InChI=1S/C11H18Br2N2O2/c1-15(4-3-5-16-2)9(7-14)10-6-8(12)11(13)17-10/h6,9H,3-5,7,14H2,1-2H3. The van der Waals surface area contributed by atoms with Crippen molar-refractivity contribution in [2.45, 2.75) is 12.5 Å². The van der Waals surface area contributed by atoms with Crippen molar-refractivity contribution in [3.63, 3.8) is 0 Å². The van der Waals surface area contributed by atoms with E-state index in [2.05, 4.69) is 36.8 Å². The molecular formula is C11H18Br2N2O2. The van der Waals surface area contributed by atoms with Crippen molar-refractivity contribution in [3.8, 4) is 0 Å². The topological polar surface area (TPSA) is 51.6 Å². The number of likely N-dealkylation sites (N-methyl/N-ethyl adjacent to an activating group) is 1. The second-order valence-corrected chi connectivity index (χ2v) is 5.42. The lowest BCUT2D eigenvalue weighted by Gasteiger charge is -2.24. The molecule has 1 aromatic rings. The van der Waals surface area contributed by atoms with Crippen molar-refractivity contribution in [1.29, 1.82) is 0 Å². The molecule has 0 saturated carbocycles. The van der Waals surface area contributed by atoms with Gasteiger partial charge in [-0.25, -0.2) is 0 Å². The minimum absolute atomic E-state index is 0.0921. The highest BCUT2D eigenvalue weighted by Gasteiger charge is 2.20. The van der Waals surface area contributed by atoms with Crippen molar-refractivity contribution in [3.05, 3.63) is 21.0 Å². The number of ether oxygens (including phenoxy) is 1. The van der Waals surface area contributed by atoms with Crippen LogP contribution in [0, 0.1) is 0 Å². The molecule has 0 radical (unpaired) electrons. The quantitative estimate of drug-likeness (QED) is 0.751. The van der Waals surface area contributed by atoms with Gasteiger partial charge in [0.25, 0.3) is 0 Å². The highest BCUT2D eigenvalue weighted by Crippen LogP contribution is 2.31. The summed E-state index contributed by atoms with van der Waals surface area (Å²) in [4.78, 5) is 2.18. The minimum Gasteiger partial charge on any atom is -0.451 e.